The van der Waals surface area contributed by atoms with Crippen molar-refractivity contribution in [1.29, 1.82) is 0 Å². The van der Waals surface area contributed by atoms with Gasteiger partial charge in [0.1, 0.15) is 11.6 Å². The number of rotatable bonds is 8. The first-order chi connectivity index (χ1) is 15.0. The minimum atomic E-state index is -5.68. The van der Waals surface area contributed by atoms with Crippen LogP contribution in [-0.2, 0) is 22.4 Å². The molecule has 3 rings (SSSR count). The zero-order valence-corrected chi connectivity index (χ0v) is 19.7. The lowest BCUT2D eigenvalue weighted by molar-refractivity contribution is 0.0557. The van der Waals surface area contributed by atoms with Gasteiger partial charge in [0, 0.05) is 21.0 Å². The molecule has 0 saturated carbocycles. The highest BCUT2D eigenvalue weighted by Gasteiger charge is 2.51. The third-order valence-corrected chi connectivity index (χ3v) is 7.72. The van der Waals surface area contributed by atoms with E-state index in [4.69, 9.17) is 9.79 Å². The molecule has 3 nitrogen and oxygen atoms in total. The standard InChI is InChI=1S/C22H18BrF4O3PS/c23-20-11-15(3-10-19(20)22(26,27)31(28,29)30)13-32-21(16-4-8-18(25)9-5-16)12-14-1-6-17(24)7-2-14/h1-11,21H,12-13H2,(H2,28,29,30). The lowest BCUT2D eigenvalue weighted by atomic mass is 10.0. The van der Waals surface area contributed by atoms with Crippen LogP contribution in [0.5, 0.6) is 0 Å². The van der Waals surface area contributed by atoms with E-state index in [1.807, 2.05) is 0 Å². The van der Waals surface area contributed by atoms with E-state index in [1.165, 1.54) is 48.2 Å². The van der Waals surface area contributed by atoms with Crippen molar-refractivity contribution in [1.82, 2.24) is 0 Å². The van der Waals surface area contributed by atoms with Gasteiger partial charge in [-0.05, 0) is 53.4 Å². The number of halogens is 5. The maximum atomic E-state index is 14.0. The van der Waals surface area contributed by atoms with Crippen LogP contribution in [0, 0.1) is 11.6 Å². The van der Waals surface area contributed by atoms with Gasteiger partial charge >= 0.3 is 13.3 Å². The first-order valence-electron chi connectivity index (χ1n) is 9.31. The smallest absolute Gasteiger partial charge is 0.320 e. The Balaban J connectivity index is 1.81. The first-order valence-corrected chi connectivity index (χ1v) is 12.8. The van der Waals surface area contributed by atoms with Crippen LogP contribution in [0.4, 0.5) is 17.6 Å². The van der Waals surface area contributed by atoms with E-state index in [2.05, 4.69) is 15.9 Å². The average molecular weight is 549 g/mol. The lowest BCUT2D eigenvalue weighted by Gasteiger charge is -2.20. The first kappa shape index (κ1) is 25.0. The van der Waals surface area contributed by atoms with E-state index >= 15 is 0 Å². The molecule has 1 atom stereocenters. The molecule has 0 fully saturated rings. The van der Waals surface area contributed by atoms with Crippen molar-refractivity contribution in [2.75, 3.05) is 0 Å². The third-order valence-electron chi connectivity index (χ3n) is 4.75. The van der Waals surface area contributed by atoms with Crippen LogP contribution in [0.25, 0.3) is 0 Å². The maximum absolute atomic E-state index is 14.0. The van der Waals surface area contributed by atoms with Crippen molar-refractivity contribution in [3.05, 3.63) is 105 Å². The van der Waals surface area contributed by atoms with Gasteiger partial charge in [-0.2, -0.15) is 8.78 Å². The van der Waals surface area contributed by atoms with Crippen LogP contribution in [0.15, 0.2) is 71.2 Å². The SMILES string of the molecule is O=P(O)(O)C(F)(F)c1ccc(CSC(Cc2ccc(F)cc2)c2ccc(F)cc2)cc1Br. The Bertz CT molecular complexity index is 1120. The van der Waals surface area contributed by atoms with Gasteiger partial charge in [-0.15, -0.1) is 11.8 Å². The van der Waals surface area contributed by atoms with Gasteiger partial charge in [-0.3, -0.25) is 4.57 Å². The molecule has 0 aliphatic heterocycles. The average Bonchev–Trinajstić information content (AvgIpc) is 2.72. The molecule has 1 unspecified atom stereocenters. The molecule has 3 aromatic rings. The number of benzene rings is 3. The van der Waals surface area contributed by atoms with Gasteiger partial charge < -0.3 is 9.79 Å². The molecule has 0 amide bonds. The molecular formula is C22H18BrF4O3PS. The van der Waals surface area contributed by atoms with Crippen LogP contribution in [0.3, 0.4) is 0 Å². The second-order valence-corrected chi connectivity index (χ2v) is 10.8. The molecule has 32 heavy (non-hydrogen) atoms. The molecule has 170 valence electrons. The van der Waals surface area contributed by atoms with Crippen LogP contribution >= 0.6 is 35.3 Å². The summed E-state index contributed by atoms with van der Waals surface area (Å²) in [5, 5.41) is -0.129. The van der Waals surface area contributed by atoms with E-state index in [1.54, 1.807) is 24.3 Å². The fourth-order valence-corrected chi connectivity index (χ4v) is 5.60. The molecule has 0 heterocycles. The monoisotopic (exact) mass is 548 g/mol. The topological polar surface area (TPSA) is 57.5 Å². The van der Waals surface area contributed by atoms with Crippen LogP contribution in [0.2, 0.25) is 0 Å². The maximum Gasteiger partial charge on any atom is 0.399 e. The zero-order chi connectivity index (χ0) is 23.5. The van der Waals surface area contributed by atoms with Crippen molar-refractivity contribution in [2.24, 2.45) is 0 Å². The molecule has 0 saturated heterocycles. The molecule has 0 bridgehead atoms. The zero-order valence-electron chi connectivity index (χ0n) is 16.4. The van der Waals surface area contributed by atoms with E-state index in [9.17, 15) is 22.1 Å². The Hall–Kier alpha value is -1.64. The Morgan fingerprint density at radius 2 is 1.44 bits per heavy atom. The molecule has 0 aliphatic carbocycles. The Kier molecular flexibility index (Phi) is 7.89. The van der Waals surface area contributed by atoms with Gasteiger partial charge in [0.2, 0.25) is 0 Å². The van der Waals surface area contributed by atoms with Gasteiger partial charge in [0.15, 0.2) is 0 Å². The number of alkyl halides is 2. The summed E-state index contributed by atoms with van der Waals surface area (Å²) < 4.78 is 65.7. The molecule has 2 N–H and O–H groups in total. The Morgan fingerprint density at radius 3 is 1.97 bits per heavy atom. The van der Waals surface area contributed by atoms with Crippen molar-refractivity contribution < 1.29 is 31.9 Å². The van der Waals surface area contributed by atoms with Crippen LogP contribution in [0.1, 0.15) is 27.5 Å². The fourth-order valence-electron chi connectivity index (χ4n) is 3.03. The van der Waals surface area contributed by atoms with Crippen molar-refractivity contribution in [3.8, 4) is 0 Å². The predicted molar refractivity (Wildman–Crippen MR) is 121 cm³/mol. The molecule has 0 spiro atoms. The number of hydrogen-bond acceptors (Lipinski definition) is 2. The van der Waals surface area contributed by atoms with E-state index in [0.717, 1.165) is 17.2 Å². The number of thioether (sulfide) groups is 1. The number of hydrogen-bond donors (Lipinski definition) is 2. The van der Waals surface area contributed by atoms with Gasteiger partial charge in [-0.1, -0.05) is 52.3 Å². The normalized spacial score (nSPS) is 13.2. The molecule has 0 aliphatic rings. The summed E-state index contributed by atoms with van der Waals surface area (Å²) in [5.74, 6) is -0.328. The quantitative estimate of drug-likeness (QED) is 0.231. The largest absolute Gasteiger partial charge is 0.399 e. The van der Waals surface area contributed by atoms with Gasteiger partial charge in [0.25, 0.3) is 0 Å². The highest BCUT2D eigenvalue weighted by atomic mass is 79.9. The summed E-state index contributed by atoms with van der Waals surface area (Å²) in [4.78, 5) is 17.9. The summed E-state index contributed by atoms with van der Waals surface area (Å²) in [6.07, 6.45) is 0.534. The molecule has 0 radical (unpaired) electrons. The van der Waals surface area contributed by atoms with Gasteiger partial charge in [0.05, 0.1) is 0 Å². The Morgan fingerprint density at radius 1 is 0.906 bits per heavy atom. The van der Waals surface area contributed by atoms with E-state index in [0.29, 0.717) is 17.7 Å². The van der Waals surface area contributed by atoms with Crippen molar-refractivity contribution in [3.63, 3.8) is 0 Å². The van der Waals surface area contributed by atoms with Crippen LogP contribution in [-0.4, -0.2) is 9.79 Å². The summed E-state index contributed by atoms with van der Waals surface area (Å²) in [6.45, 7) is 0. The minimum Gasteiger partial charge on any atom is -0.320 e. The second-order valence-electron chi connectivity index (χ2n) is 7.08. The second kappa shape index (κ2) is 10.1. The highest BCUT2D eigenvalue weighted by molar-refractivity contribution is 9.10. The van der Waals surface area contributed by atoms with Crippen molar-refractivity contribution >= 4 is 35.3 Å². The van der Waals surface area contributed by atoms with E-state index in [-0.39, 0.29) is 21.4 Å². The summed E-state index contributed by atoms with van der Waals surface area (Å²) >= 11 is 4.47. The highest BCUT2D eigenvalue weighted by Crippen LogP contribution is 2.60. The predicted octanol–water partition coefficient (Wildman–Crippen LogP) is 7.17. The van der Waals surface area contributed by atoms with Crippen molar-refractivity contribution in [2.45, 2.75) is 23.1 Å². The molecule has 0 aromatic heterocycles. The molecular weight excluding hydrogens is 531 g/mol. The fraction of sp³-hybridized carbons (Fsp3) is 0.182. The summed E-state index contributed by atoms with van der Waals surface area (Å²) in [7, 11) is -5.68. The van der Waals surface area contributed by atoms with E-state index < -0.39 is 18.8 Å². The lowest BCUT2D eigenvalue weighted by Crippen LogP contribution is -2.14. The summed E-state index contributed by atoms with van der Waals surface area (Å²) in [5.41, 5.74) is -2.72. The minimum absolute atomic E-state index is 0.110. The third kappa shape index (κ3) is 6.02. The Labute approximate surface area is 195 Å². The molecule has 3 aromatic carbocycles. The van der Waals surface area contributed by atoms with Gasteiger partial charge in [-0.25, -0.2) is 8.78 Å². The molecule has 10 heteroatoms. The summed E-state index contributed by atoms with van der Waals surface area (Å²) in [6, 6.07) is 15.9. The van der Waals surface area contributed by atoms with Crippen LogP contribution < -0.4 is 0 Å².